The molecule has 0 atom stereocenters. The number of imidazole rings is 1. The Balaban J connectivity index is 2.34. The first-order valence-electron chi connectivity index (χ1n) is 4.93. The van der Waals surface area contributed by atoms with Gasteiger partial charge in [0.15, 0.2) is 5.82 Å². The number of rotatable bonds is 3. The number of anilines is 1. The van der Waals surface area contributed by atoms with Gasteiger partial charge in [-0.1, -0.05) is 0 Å². The lowest BCUT2D eigenvalue weighted by atomic mass is 10.4. The molecule has 19 heavy (non-hydrogen) atoms. The molecule has 0 aliphatic rings. The number of carbonyl (C=O) groups excluding carboxylic acids is 1. The molecule has 10 nitrogen and oxygen atoms in total. The molecular formula is C8H10N6O4S. The Morgan fingerprint density at radius 3 is 2.74 bits per heavy atom. The smallest absolute Gasteiger partial charge is 0.312 e. The summed E-state index contributed by atoms with van der Waals surface area (Å²) in [4.78, 5) is 26.7. The van der Waals surface area contributed by atoms with Crippen LogP contribution in [0.25, 0.3) is 0 Å². The number of carbonyl (C=O) groups is 1. The molecule has 2 aromatic heterocycles. The number of hydrogen-bond acceptors (Lipinski definition) is 5. The lowest BCUT2D eigenvalue weighted by Crippen LogP contribution is -2.18. The topological polar surface area (TPSA) is 156 Å². The largest absolute Gasteiger partial charge is 0.323 e. The van der Waals surface area contributed by atoms with Crippen molar-refractivity contribution in [3.8, 4) is 0 Å². The Hall–Kier alpha value is -2.40. The Bertz CT molecular complexity index is 782. The van der Waals surface area contributed by atoms with E-state index in [4.69, 9.17) is 5.14 Å². The molecule has 0 saturated carbocycles. The van der Waals surface area contributed by atoms with Gasteiger partial charge >= 0.3 is 5.69 Å². The fourth-order valence-electron chi connectivity index (χ4n) is 1.39. The summed E-state index contributed by atoms with van der Waals surface area (Å²) in [5.41, 5.74) is -0.617. The van der Waals surface area contributed by atoms with Crippen molar-refractivity contribution < 1.29 is 13.2 Å². The summed E-state index contributed by atoms with van der Waals surface area (Å²) in [6, 6.07) is 0. The first-order valence-corrected chi connectivity index (χ1v) is 6.47. The first-order chi connectivity index (χ1) is 8.77. The number of sulfonamides is 1. The van der Waals surface area contributed by atoms with Gasteiger partial charge in [0.1, 0.15) is 10.6 Å². The van der Waals surface area contributed by atoms with Crippen LogP contribution in [-0.2, 0) is 17.1 Å². The zero-order valence-electron chi connectivity index (χ0n) is 9.67. The maximum absolute atomic E-state index is 11.7. The number of nitrogens with one attached hydrogen (secondary N) is 3. The highest BCUT2D eigenvalue weighted by Crippen LogP contribution is 2.17. The van der Waals surface area contributed by atoms with Crippen LogP contribution in [0.3, 0.4) is 0 Å². The molecule has 0 fully saturated rings. The van der Waals surface area contributed by atoms with E-state index in [1.54, 1.807) is 0 Å². The molecule has 5 N–H and O–H groups in total. The summed E-state index contributed by atoms with van der Waals surface area (Å²) in [6.45, 7) is 0. The minimum absolute atomic E-state index is 0.0592. The van der Waals surface area contributed by atoms with Gasteiger partial charge in [0, 0.05) is 19.4 Å². The number of amides is 1. The quantitative estimate of drug-likeness (QED) is 0.531. The van der Waals surface area contributed by atoms with Crippen molar-refractivity contribution in [3.63, 3.8) is 0 Å². The Morgan fingerprint density at radius 1 is 1.53 bits per heavy atom. The van der Waals surface area contributed by atoms with Crippen molar-refractivity contribution in [2.24, 2.45) is 12.2 Å². The van der Waals surface area contributed by atoms with E-state index in [2.05, 4.69) is 20.4 Å². The average Bonchev–Trinajstić information content (AvgIpc) is 2.84. The van der Waals surface area contributed by atoms with E-state index in [0.717, 1.165) is 12.4 Å². The van der Waals surface area contributed by atoms with Gasteiger partial charge in [0.05, 0.1) is 0 Å². The van der Waals surface area contributed by atoms with Crippen LogP contribution in [0.4, 0.5) is 5.82 Å². The number of aryl methyl sites for hydroxylation is 1. The van der Waals surface area contributed by atoms with Gasteiger partial charge in [-0.2, -0.15) is 5.10 Å². The van der Waals surface area contributed by atoms with Crippen LogP contribution in [0, 0.1) is 0 Å². The molecule has 0 saturated heterocycles. The molecule has 11 heteroatoms. The van der Waals surface area contributed by atoms with Crippen molar-refractivity contribution in [2.75, 3.05) is 5.32 Å². The Morgan fingerprint density at radius 2 is 2.21 bits per heavy atom. The maximum Gasteiger partial charge on any atom is 0.323 e. The van der Waals surface area contributed by atoms with E-state index in [0.29, 0.717) is 0 Å². The van der Waals surface area contributed by atoms with Crippen molar-refractivity contribution in [1.82, 2.24) is 19.7 Å². The highest BCUT2D eigenvalue weighted by Gasteiger charge is 2.20. The second kappa shape index (κ2) is 4.37. The molecule has 0 bridgehead atoms. The van der Waals surface area contributed by atoms with E-state index in [-0.39, 0.29) is 16.4 Å². The SMILES string of the molecule is Cn1cc(S(N)(=O)=O)c(NC(=O)c2c[nH]c(=O)[nH]2)n1. The van der Waals surface area contributed by atoms with Crippen molar-refractivity contribution in [1.29, 1.82) is 0 Å². The molecular weight excluding hydrogens is 276 g/mol. The summed E-state index contributed by atoms with van der Waals surface area (Å²) in [5.74, 6) is -0.931. The second-order valence-electron chi connectivity index (χ2n) is 3.67. The minimum atomic E-state index is -4.01. The Labute approximate surface area is 106 Å². The average molecular weight is 286 g/mol. The molecule has 2 heterocycles. The summed E-state index contributed by atoms with van der Waals surface area (Å²) in [6.07, 6.45) is 2.31. The predicted molar refractivity (Wildman–Crippen MR) is 63.9 cm³/mol. The third-order valence-corrected chi connectivity index (χ3v) is 3.09. The van der Waals surface area contributed by atoms with Gasteiger partial charge in [-0.3, -0.25) is 9.48 Å². The van der Waals surface area contributed by atoms with Gasteiger partial charge in [-0.25, -0.2) is 18.4 Å². The van der Waals surface area contributed by atoms with Gasteiger partial charge < -0.3 is 15.3 Å². The first kappa shape index (κ1) is 13.0. The number of aromatic amines is 2. The van der Waals surface area contributed by atoms with Crippen LogP contribution in [0.2, 0.25) is 0 Å². The molecule has 2 aromatic rings. The zero-order valence-corrected chi connectivity index (χ0v) is 10.5. The van der Waals surface area contributed by atoms with Gasteiger partial charge in [-0.05, 0) is 0 Å². The minimum Gasteiger partial charge on any atom is -0.312 e. The number of aromatic nitrogens is 4. The standard InChI is InChI=1S/C8H10N6O4S/c1-14-3-5(19(9,17)18)6(13-14)12-7(15)4-2-10-8(16)11-4/h2-3H,1H3,(H2,9,17,18)(H2,10,11,16)(H,12,13,15). The van der Waals surface area contributed by atoms with E-state index < -0.39 is 21.6 Å². The second-order valence-corrected chi connectivity index (χ2v) is 5.20. The lowest BCUT2D eigenvalue weighted by molar-refractivity contribution is 0.102. The molecule has 0 aliphatic heterocycles. The van der Waals surface area contributed by atoms with Crippen molar-refractivity contribution >= 4 is 21.7 Å². The predicted octanol–water partition coefficient (Wildman–Crippen LogP) is -1.66. The molecule has 0 unspecified atom stereocenters. The molecule has 1 amide bonds. The van der Waals surface area contributed by atoms with Crippen molar-refractivity contribution in [2.45, 2.75) is 4.90 Å². The highest BCUT2D eigenvalue weighted by atomic mass is 32.2. The molecule has 0 spiro atoms. The van der Waals surface area contributed by atoms with E-state index >= 15 is 0 Å². The molecule has 2 rings (SSSR count). The van der Waals surface area contributed by atoms with Crippen LogP contribution in [-0.4, -0.2) is 34.1 Å². The third kappa shape index (κ3) is 2.71. The van der Waals surface area contributed by atoms with Crippen LogP contribution in [0.5, 0.6) is 0 Å². The van der Waals surface area contributed by atoms with E-state index in [9.17, 15) is 18.0 Å². The number of nitrogens with zero attached hydrogens (tertiary/aromatic N) is 2. The number of nitrogens with two attached hydrogens (primary N) is 1. The van der Waals surface area contributed by atoms with Crippen LogP contribution >= 0.6 is 0 Å². The van der Waals surface area contributed by atoms with E-state index in [1.165, 1.54) is 11.7 Å². The summed E-state index contributed by atoms with van der Waals surface area (Å²) in [5, 5.41) is 11.0. The van der Waals surface area contributed by atoms with Gasteiger partial charge in [0.25, 0.3) is 5.91 Å². The van der Waals surface area contributed by atoms with Crippen LogP contribution in [0.15, 0.2) is 22.1 Å². The normalized spacial score (nSPS) is 11.5. The van der Waals surface area contributed by atoms with Crippen molar-refractivity contribution in [3.05, 3.63) is 28.6 Å². The van der Waals surface area contributed by atoms with Gasteiger partial charge in [-0.15, -0.1) is 0 Å². The monoisotopic (exact) mass is 286 g/mol. The van der Waals surface area contributed by atoms with E-state index in [1.807, 2.05) is 0 Å². The number of primary sulfonamides is 1. The lowest BCUT2D eigenvalue weighted by Gasteiger charge is -2.01. The molecule has 0 aromatic carbocycles. The molecule has 102 valence electrons. The number of hydrogen-bond donors (Lipinski definition) is 4. The summed E-state index contributed by atoms with van der Waals surface area (Å²) in [7, 11) is -2.54. The zero-order chi connectivity index (χ0) is 14.2. The Kier molecular flexibility index (Phi) is 3.00. The van der Waals surface area contributed by atoms with Crippen LogP contribution in [0.1, 0.15) is 10.5 Å². The number of H-pyrrole nitrogens is 2. The summed E-state index contributed by atoms with van der Waals surface area (Å²) >= 11 is 0. The summed E-state index contributed by atoms with van der Waals surface area (Å²) < 4.78 is 23.8. The van der Waals surface area contributed by atoms with Crippen LogP contribution < -0.4 is 16.1 Å². The fourth-order valence-corrected chi connectivity index (χ4v) is 2.05. The highest BCUT2D eigenvalue weighted by molar-refractivity contribution is 7.89. The van der Waals surface area contributed by atoms with Gasteiger partial charge in [0.2, 0.25) is 10.0 Å². The maximum atomic E-state index is 11.7. The fraction of sp³-hybridized carbons (Fsp3) is 0.125. The molecule has 0 aliphatic carbocycles. The third-order valence-electron chi connectivity index (χ3n) is 2.17. The molecule has 0 radical (unpaired) electrons.